The average molecular weight is 357 g/mol. The van der Waals surface area contributed by atoms with E-state index < -0.39 is 0 Å². The van der Waals surface area contributed by atoms with Crippen molar-refractivity contribution < 1.29 is 4.79 Å². The predicted octanol–water partition coefficient (Wildman–Crippen LogP) is 3.09. The molecule has 4 nitrogen and oxygen atoms in total. The summed E-state index contributed by atoms with van der Waals surface area (Å²) < 4.78 is 2.41. The van der Waals surface area contributed by atoms with E-state index >= 15 is 0 Å². The molecule has 2 aromatic rings. The molecular weight excluding hydrogens is 342 g/mol. The fourth-order valence-corrected chi connectivity index (χ4v) is 2.49. The molecule has 106 valence electrons. The Morgan fingerprint density at radius 3 is 2.85 bits per heavy atom. The zero-order valence-corrected chi connectivity index (χ0v) is 13.6. The Bertz CT molecular complexity index is 625. The van der Waals surface area contributed by atoms with Crippen molar-refractivity contribution in [3.05, 3.63) is 51.2 Å². The van der Waals surface area contributed by atoms with E-state index in [1.165, 1.54) is 0 Å². The lowest BCUT2D eigenvalue weighted by Gasteiger charge is -2.11. The molecule has 1 aromatic carbocycles. The maximum absolute atomic E-state index is 12.6. The van der Waals surface area contributed by atoms with Crippen molar-refractivity contribution >= 4 is 33.3 Å². The van der Waals surface area contributed by atoms with Gasteiger partial charge >= 0.3 is 0 Å². The van der Waals surface area contributed by atoms with Crippen LogP contribution in [0, 0.1) is 0 Å². The quantitative estimate of drug-likeness (QED) is 0.773. The normalized spacial score (nSPS) is 11.1. The van der Waals surface area contributed by atoms with E-state index in [0.717, 1.165) is 6.54 Å². The molecule has 0 bridgehead atoms. The molecule has 0 fully saturated rings. The fraction of sp³-hybridized carbons (Fsp3) is 0.286. The van der Waals surface area contributed by atoms with Crippen molar-refractivity contribution in [1.29, 1.82) is 0 Å². The number of nitrogens with zero attached hydrogens (tertiary/aromatic N) is 3. The van der Waals surface area contributed by atoms with Crippen molar-refractivity contribution in [3.8, 4) is 0 Å². The summed E-state index contributed by atoms with van der Waals surface area (Å²) in [5, 5.41) is 4.79. The molecule has 2 rings (SSSR count). The number of rotatable bonds is 5. The standard InChI is InChI=1S/C14H15BrClN3O/c1-18(2)6-7-19-13(12(15)9-17-19)14(20)10-4-3-5-11(16)8-10/h3-5,8-9H,6-7H2,1-2H3. The number of halogens is 2. The fourth-order valence-electron chi connectivity index (χ4n) is 1.82. The summed E-state index contributed by atoms with van der Waals surface area (Å²) in [5.41, 5.74) is 1.11. The van der Waals surface area contributed by atoms with Crippen molar-refractivity contribution in [2.45, 2.75) is 6.54 Å². The minimum atomic E-state index is -0.0874. The van der Waals surface area contributed by atoms with Crippen LogP contribution in [0.4, 0.5) is 0 Å². The molecule has 0 atom stereocenters. The number of benzene rings is 1. The lowest BCUT2D eigenvalue weighted by Crippen LogP contribution is -2.21. The van der Waals surface area contributed by atoms with Crippen LogP contribution in [0.2, 0.25) is 5.02 Å². The van der Waals surface area contributed by atoms with Crippen LogP contribution in [0.25, 0.3) is 0 Å². The number of hydrogen-bond acceptors (Lipinski definition) is 3. The van der Waals surface area contributed by atoms with Gasteiger partial charge in [-0.25, -0.2) is 0 Å². The second-order valence-electron chi connectivity index (χ2n) is 4.71. The molecule has 0 aliphatic rings. The lowest BCUT2D eigenvalue weighted by atomic mass is 10.1. The summed E-state index contributed by atoms with van der Waals surface area (Å²) in [4.78, 5) is 14.6. The summed E-state index contributed by atoms with van der Waals surface area (Å²) in [7, 11) is 3.97. The van der Waals surface area contributed by atoms with E-state index in [0.29, 0.717) is 27.3 Å². The van der Waals surface area contributed by atoms with Crippen LogP contribution in [0.3, 0.4) is 0 Å². The third kappa shape index (κ3) is 3.48. The summed E-state index contributed by atoms with van der Waals surface area (Å²) in [6.45, 7) is 1.46. The van der Waals surface area contributed by atoms with Crippen LogP contribution in [0.15, 0.2) is 34.9 Å². The maximum Gasteiger partial charge on any atom is 0.212 e. The minimum absolute atomic E-state index is 0.0874. The zero-order valence-electron chi connectivity index (χ0n) is 11.3. The molecule has 6 heteroatoms. The average Bonchev–Trinajstić information content (AvgIpc) is 2.76. The highest BCUT2D eigenvalue weighted by Gasteiger charge is 2.19. The second-order valence-corrected chi connectivity index (χ2v) is 6.00. The third-order valence-corrected chi connectivity index (χ3v) is 3.67. The van der Waals surface area contributed by atoms with Crippen molar-refractivity contribution in [2.75, 3.05) is 20.6 Å². The van der Waals surface area contributed by atoms with Crippen LogP contribution in [-0.4, -0.2) is 41.1 Å². The first-order valence-corrected chi connectivity index (χ1v) is 7.32. The van der Waals surface area contributed by atoms with Crippen molar-refractivity contribution in [2.24, 2.45) is 0 Å². The Morgan fingerprint density at radius 1 is 1.45 bits per heavy atom. The van der Waals surface area contributed by atoms with Gasteiger partial charge < -0.3 is 4.90 Å². The summed E-state index contributed by atoms with van der Waals surface area (Å²) >= 11 is 9.33. The topological polar surface area (TPSA) is 38.1 Å². The molecule has 0 unspecified atom stereocenters. The van der Waals surface area contributed by atoms with Gasteiger partial charge in [0.15, 0.2) is 0 Å². The van der Waals surface area contributed by atoms with Gasteiger partial charge in [0.25, 0.3) is 0 Å². The van der Waals surface area contributed by atoms with Gasteiger partial charge in [-0.05, 0) is 42.2 Å². The van der Waals surface area contributed by atoms with Gasteiger partial charge in [0.1, 0.15) is 5.69 Å². The monoisotopic (exact) mass is 355 g/mol. The van der Waals surface area contributed by atoms with Gasteiger partial charge in [-0.3, -0.25) is 9.48 Å². The summed E-state index contributed by atoms with van der Waals surface area (Å²) in [6, 6.07) is 6.93. The van der Waals surface area contributed by atoms with Crippen LogP contribution < -0.4 is 0 Å². The number of likely N-dealkylation sites (N-methyl/N-ethyl adjacent to an activating group) is 1. The molecular formula is C14H15BrClN3O. The number of ketones is 1. The predicted molar refractivity (Wildman–Crippen MR) is 83.4 cm³/mol. The summed E-state index contributed by atoms with van der Waals surface area (Å²) in [6.07, 6.45) is 1.65. The van der Waals surface area contributed by atoms with Gasteiger partial charge in [-0.2, -0.15) is 5.10 Å². The lowest BCUT2D eigenvalue weighted by molar-refractivity contribution is 0.102. The van der Waals surface area contributed by atoms with E-state index in [1.807, 2.05) is 19.0 Å². The smallest absolute Gasteiger partial charge is 0.212 e. The first kappa shape index (κ1) is 15.2. The molecule has 0 saturated carbocycles. The van der Waals surface area contributed by atoms with Gasteiger partial charge in [-0.15, -0.1) is 0 Å². The molecule has 1 aromatic heterocycles. The molecule has 20 heavy (non-hydrogen) atoms. The third-order valence-electron chi connectivity index (χ3n) is 2.86. The van der Waals surface area contributed by atoms with Gasteiger partial charge in [0, 0.05) is 17.1 Å². The molecule has 0 aliphatic heterocycles. The Labute approximate surface area is 131 Å². The number of hydrogen-bond donors (Lipinski definition) is 0. The highest BCUT2D eigenvalue weighted by Crippen LogP contribution is 2.21. The number of carbonyl (C=O) groups is 1. The second kappa shape index (κ2) is 6.52. The van der Waals surface area contributed by atoms with E-state index in [2.05, 4.69) is 21.0 Å². The molecule has 0 radical (unpaired) electrons. The van der Waals surface area contributed by atoms with Crippen LogP contribution in [0.5, 0.6) is 0 Å². The number of carbonyl (C=O) groups excluding carboxylic acids is 1. The van der Waals surface area contributed by atoms with E-state index in [9.17, 15) is 4.79 Å². The highest BCUT2D eigenvalue weighted by atomic mass is 79.9. The number of aromatic nitrogens is 2. The molecule has 0 spiro atoms. The van der Waals surface area contributed by atoms with E-state index in [-0.39, 0.29) is 5.78 Å². The zero-order chi connectivity index (χ0) is 14.7. The largest absolute Gasteiger partial charge is 0.308 e. The Morgan fingerprint density at radius 2 is 2.20 bits per heavy atom. The maximum atomic E-state index is 12.6. The van der Waals surface area contributed by atoms with E-state index in [1.54, 1.807) is 35.1 Å². The minimum Gasteiger partial charge on any atom is -0.308 e. The SMILES string of the molecule is CN(C)CCn1ncc(Br)c1C(=O)c1cccc(Cl)c1. The van der Waals surface area contributed by atoms with Gasteiger partial charge in [0.05, 0.1) is 17.2 Å². The molecule has 1 heterocycles. The first-order chi connectivity index (χ1) is 9.49. The molecule has 0 saturated heterocycles. The van der Waals surface area contributed by atoms with Crippen molar-refractivity contribution in [1.82, 2.24) is 14.7 Å². The molecule has 0 N–H and O–H groups in total. The van der Waals surface area contributed by atoms with Crippen molar-refractivity contribution in [3.63, 3.8) is 0 Å². The van der Waals surface area contributed by atoms with Crippen LogP contribution in [-0.2, 0) is 6.54 Å². The van der Waals surface area contributed by atoms with E-state index in [4.69, 9.17) is 11.6 Å². The Kier molecular flexibility index (Phi) is 4.96. The highest BCUT2D eigenvalue weighted by molar-refractivity contribution is 9.10. The van der Waals surface area contributed by atoms with Gasteiger partial charge in [-0.1, -0.05) is 23.7 Å². The Hall–Kier alpha value is -1.17. The van der Waals surface area contributed by atoms with Crippen LogP contribution >= 0.6 is 27.5 Å². The van der Waals surface area contributed by atoms with Gasteiger partial charge in [0.2, 0.25) is 5.78 Å². The molecule has 0 amide bonds. The first-order valence-electron chi connectivity index (χ1n) is 6.15. The summed E-state index contributed by atoms with van der Waals surface area (Å²) in [5.74, 6) is -0.0874. The molecule has 0 aliphatic carbocycles. The van der Waals surface area contributed by atoms with Crippen LogP contribution in [0.1, 0.15) is 16.1 Å². The Balaban J connectivity index is 2.32.